The average molecular weight is 446 g/mol. The summed E-state index contributed by atoms with van der Waals surface area (Å²) in [5.41, 5.74) is -0.294. The molecule has 2 N–H and O–H groups in total. The van der Waals surface area contributed by atoms with Gasteiger partial charge in [0.25, 0.3) is 0 Å². The largest absolute Gasteiger partial charge is 0.594 e. The van der Waals surface area contributed by atoms with Gasteiger partial charge in [0, 0.05) is 13.7 Å². The van der Waals surface area contributed by atoms with E-state index in [1.165, 1.54) is 103 Å². The van der Waals surface area contributed by atoms with Crippen LogP contribution in [0.3, 0.4) is 0 Å². The highest BCUT2D eigenvalue weighted by Gasteiger charge is 2.41. The summed E-state index contributed by atoms with van der Waals surface area (Å²) in [5.74, 6) is 0. The van der Waals surface area contributed by atoms with Gasteiger partial charge in [0.2, 0.25) is 0 Å². The van der Waals surface area contributed by atoms with Crippen LogP contribution in [0.4, 0.5) is 0 Å². The van der Waals surface area contributed by atoms with Crippen molar-refractivity contribution in [3.63, 3.8) is 0 Å². The van der Waals surface area contributed by atoms with Crippen molar-refractivity contribution in [2.75, 3.05) is 13.7 Å². The highest BCUT2D eigenvalue weighted by Crippen LogP contribution is 2.23. The van der Waals surface area contributed by atoms with Crippen molar-refractivity contribution in [1.29, 1.82) is 0 Å². The fourth-order valence-electron chi connectivity index (χ4n) is 3.88. The molecule has 182 valence electrons. The summed E-state index contributed by atoms with van der Waals surface area (Å²) in [6.45, 7) is 9.40. The zero-order chi connectivity index (χ0) is 22.6. The van der Waals surface area contributed by atoms with Crippen LogP contribution in [0.15, 0.2) is 0 Å². The summed E-state index contributed by atoms with van der Waals surface area (Å²) in [7, 11) is -1.42. The summed E-state index contributed by atoms with van der Waals surface area (Å²) in [6.07, 6.45) is 23.3. The Hall–Kier alpha value is 0.0569. The molecule has 0 aliphatic heterocycles. The zero-order valence-electron chi connectivity index (χ0n) is 21.2. The Kier molecular flexibility index (Phi) is 19.8. The number of hydrogen-bond donors (Lipinski definition) is 1. The Morgan fingerprint density at radius 1 is 0.633 bits per heavy atom. The molecule has 0 saturated carbocycles. The lowest BCUT2D eigenvalue weighted by Gasteiger charge is -2.33. The summed E-state index contributed by atoms with van der Waals surface area (Å²) in [6, 6.07) is 0. The van der Waals surface area contributed by atoms with Crippen molar-refractivity contribution in [3.05, 3.63) is 0 Å². The second-order valence-electron chi connectivity index (χ2n) is 9.57. The Labute approximate surface area is 190 Å². The lowest BCUT2D eigenvalue weighted by atomic mass is 9.99. The Morgan fingerprint density at radius 2 is 1.03 bits per heavy atom. The van der Waals surface area contributed by atoms with E-state index in [9.17, 15) is 0 Å². The Bertz CT molecular complexity index is 368. The minimum absolute atomic E-state index is 0.294. The van der Waals surface area contributed by atoms with Crippen LogP contribution in [0, 0.1) is 0 Å². The maximum absolute atomic E-state index is 6.36. The van der Waals surface area contributed by atoms with Gasteiger partial charge in [-0.05, 0) is 26.7 Å². The maximum atomic E-state index is 6.36. The van der Waals surface area contributed by atoms with Gasteiger partial charge >= 0.3 is 8.97 Å². The quantitative estimate of drug-likeness (QED) is 0.128. The van der Waals surface area contributed by atoms with Crippen molar-refractivity contribution >= 4 is 8.97 Å². The second kappa shape index (κ2) is 19.7. The SMILES string of the molecule is CCCCCCCCCCCO[Si](N)(OC)OC(C)(C)CCCCCCCCCC. The molecule has 0 fully saturated rings. The predicted molar refractivity (Wildman–Crippen MR) is 133 cm³/mol. The zero-order valence-corrected chi connectivity index (χ0v) is 22.2. The summed E-state index contributed by atoms with van der Waals surface area (Å²) >= 11 is 0. The molecule has 0 aromatic rings. The highest BCUT2D eigenvalue weighted by atomic mass is 28.4. The lowest BCUT2D eigenvalue weighted by Crippen LogP contribution is -2.58. The standard InChI is InChI=1S/C25H55NO3Si/c1-6-8-10-12-14-16-18-20-22-24-28-30(26,27-5)29-25(3,4)23-21-19-17-15-13-11-9-7-2/h6-24,26H2,1-5H3. The van der Waals surface area contributed by atoms with Crippen LogP contribution < -0.4 is 5.40 Å². The maximum Gasteiger partial charge on any atom is 0.594 e. The first-order valence-corrected chi connectivity index (χ1v) is 14.9. The monoisotopic (exact) mass is 445 g/mol. The van der Waals surface area contributed by atoms with Gasteiger partial charge in [-0.15, -0.1) is 0 Å². The van der Waals surface area contributed by atoms with Crippen molar-refractivity contribution in [2.45, 2.75) is 149 Å². The molecule has 0 saturated heterocycles. The van der Waals surface area contributed by atoms with E-state index in [1.807, 2.05) is 0 Å². The number of rotatable bonds is 23. The first-order valence-electron chi connectivity index (χ1n) is 13.1. The number of nitrogens with two attached hydrogens (primary N) is 1. The molecule has 1 atom stereocenters. The molecule has 1 unspecified atom stereocenters. The minimum Gasteiger partial charge on any atom is -0.365 e. The second-order valence-corrected chi connectivity index (χ2v) is 11.7. The van der Waals surface area contributed by atoms with Gasteiger partial charge in [-0.1, -0.05) is 117 Å². The molecule has 0 bridgehead atoms. The van der Waals surface area contributed by atoms with Gasteiger partial charge in [-0.2, -0.15) is 0 Å². The fraction of sp³-hybridized carbons (Fsp3) is 1.00. The van der Waals surface area contributed by atoms with Crippen LogP contribution in [-0.2, 0) is 13.3 Å². The third kappa shape index (κ3) is 18.8. The average Bonchev–Trinajstić information content (AvgIpc) is 2.71. The van der Waals surface area contributed by atoms with E-state index >= 15 is 0 Å². The molecule has 5 heteroatoms. The van der Waals surface area contributed by atoms with E-state index in [2.05, 4.69) is 27.7 Å². The van der Waals surface area contributed by atoms with E-state index in [0.29, 0.717) is 6.61 Å². The van der Waals surface area contributed by atoms with Crippen molar-refractivity contribution in [2.24, 2.45) is 5.40 Å². The fourth-order valence-corrected chi connectivity index (χ4v) is 5.44. The summed E-state index contributed by atoms with van der Waals surface area (Å²) in [5, 5.41) is 6.36. The molecular formula is C25H55NO3Si. The molecule has 30 heavy (non-hydrogen) atoms. The Balaban J connectivity index is 3.85. The predicted octanol–water partition coefficient (Wildman–Crippen LogP) is 7.90. The molecule has 4 nitrogen and oxygen atoms in total. The molecule has 0 amide bonds. The van der Waals surface area contributed by atoms with Crippen LogP contribution >= 0.6 is 0 Å². The van der Waals surface area contributed by atoms with E-state index in [4.69, 9.17) is 18.7 Å². The van der Waals surface area contributed by atoms with Crippen LogP contribution in [0.1, 0.15) is 143 Å². The summed E-state index contributed by atoms with van der Waals surface area (Å²) in [4.78, 5) is 0. The van der Waals surface area contributed by atoms with Crippen LogP contribution in [-0.4, -0.2) is 28.3 Å². The third-order valence-electron chi connectivity index (χ3n) is 5.89. The van der Waals surface area contributed by atoms with Crippen LogP contribution in [0.25, 0.3) is 0 Å². The van der Waals surface area contributed by atoms with E-state index in [1.54, 1.807) is 7.11 Å². The van der Waals surface area contributed by atoms with Crippen LogP contribution in [0.5, 0.6) is 0 Å². The molecule has 0 aliphatic rings. The van der Waals surface area contributed by atoms with Crippen molar-refractivity contribution in [3.8, 4) is 0 Å². The van der Waals surface area contributed by atoms with Gasteiger partial charge in [0.15, 0.2) is 0 Å². The summed E-state index contributed by atoms with van der Waals surface area (Å²) < 4.78 is 17.6. The minimum atomic E-state index is -3.04. The number of hydrogen-bond acceptors (Lipinski definition) is 4. The van der Waals surface area contributed by atoms with Gasteiger partial charge in [-0.3, -0.25) is 5.40 Å². The normalized spacial score (nSPS) is 14.2. The molecule has 0 aromatic heterocycles. The van der Waals surface area contributed by atoms with Crippen LogP contribution in [0.2, 0.25) is 0 Å². The van der Waals surface area contributed by atoms with Gasteiger partial charge in [0.05, 0.1) is 5.60 Å². The van der Waals surface area contributed by atoms with E-state index < -0.39 is 8.97 Å². The third-order valence-corrected chi connectivity index (χ3v) is 7.90. The molecule has 0 aliphatic carbocycles. The molecule has 0 radical (unpaired) electrons. The van der Waals surface area contributed by atoms with Crippen molar-refractivity contribution < 1.29 is 13.3 Å². The van der Waals surface area contributed by atoms with E-state index in [0.717, 1.165) is 12.8 Å². The molecule has 0 heterocycles. The Morgan fingerprint density at radius 3 is 1.47 bits per heavy atom. The molecule has 0 aromatic carbocycles. The first kappa shape index (κ1) is 30.1. The molecular weight excluding hydrogens is 390 g/mol. The van der Waals surface area contributed by atoms with E-state index in [-0.39, 0.29) is 5.60 Å². The van der Waals surface area contributed by atoms with Gasteiger partial charge in [-0.25, -0.2) is 0 Å². The molecule has 0 spiro atoms. The first-order chi connectivity index (χ1) is 14.4. The highest BCUT2D eigenvalue weighted by molar-refractivity contribution is 6.57. The van der Waals surface area contributed by atoms with Gasteiger partial charge < -0.3 is 13.3 Å². The topological polar surface area (TPSA) is 53.7 Å². The lowest BCUT2D eigenvalue weighted by molar-refractivity contribution is -0.0104. The molecule has 0 rings (SSSR count). The number of unbranched alkanes of at least 4 members (excludes halogenated alkanes) is 15. The smallest absolute Gasteiger partial charge is 0.365 e. The van der Waals surface area contributed by atoms with Gasteiger partial charge in [0.1, 0.15) is 0 Å². The van der Waals surface area contributed by atoms with Crippen molar-refractivity contribution in [1.82, 2.24) is 0 Å².